The molecule has 0 fully saturated rings. The summed E-state index contributed by atoms with van der Waals surface area (Å²) in [5.41, 5.74) is 3.43. The number of rotatable bonds is 8. The number of imidazole rings is 1. The van der Waals surface area contributed by atoms with Crippen molar-refractivity contribution in [3.05, 3.63) is 102 Å². The Morgan fingerprint density at radius 1 is 1.00 bits per heavy atom. The summed E-state index contributed by atoms with van der Waals surface area (Å²) < 4.78 is 6.92. The van der Waals surface area contributed by atoms with E-state index in [1.54, 1.807) is 18.0 Å². The number of hydrogen-bond donors (Lipinski definition) is 0. The summed E-state index contributed by atoms with van der Waals surface area (Å²) in [4.78, 5) is 17.3. The Balaban J connectivity index is 1.58. The molecule has 4 aromatic rings. The van der Waals surface area contributed by atoms with E-state index in [1.807, 2.05) is 91.1 Å². The molecule has 3 aromatic carbocycles. The number of ether oxygens (including phenoxy) is 1. The van der Waals surface area contributed by atoms with Gasteiger partial charge in [0.2, 0.25) is 0 Å². The lowest BCUT2D eigenvalue weighted by Gasteiger charge is -2.02. The highest BCUT2D eigenvalue weighted by atomic mass is 32.2. The minimum Gasteiger partial charge on any atom is -0.497 e. The van der Waals surface area contributed by atoms with Crippen LogP contribution in [0.15, 0.2) is 101 Å². The lowest BCUT2D eigenvalue weighted by Crippen LogP contribution is -2.03. The van der Waals surface area contributed by atoms with Crippen LogP contribution in [0.3, 0.4) is 0 Å². The molecule has 0 aliphatic heterocycles. The van der Waals surface area contributed by atoms with Crippen molar-refractivity contribution >= 4 is 23.8 Å². The SMILES string of the molecule is COc1ccc(C=Nn2cc(-c3ccccc3)nc2SCC(=O)c2ccccc2)cc1. The van der Waals surface area contributed by atoms with E-state index in [4.69, 9.17) is 9.72 Å². The second-order valence-electron chi connectivity index (χ2n) is 6.71. The molecule has 6 heteroatoms. The Bertz CT molecular complexity index is 1170. The normalized spacial score (nSPS) is 11.0. The minimum atomic E-state index is 0.0561. The predicted molar refractivity (Wildman–Crippen MR) is 125 cm³/mol. The topological polar surface area (TPSA) is 56.5 Å². The first kappa shape index (κ1) is 20.6. The van der Waals surface area contributed by atoms with Gasteiger partial charge in [0.15, 0.2) is 10.9 Å². The van der Waals surface area contributed by atoms with Crippen LogP contribution in [-0.2, 0) is 0 Å². The predicted octanol–water partition coefficient (Wildman–Crippen LogP) is 5.42. The number of methoxy groups -OCH3 is 1. The van der Waals surface area contributed by atoms with E-state index in [2.05, 4.69) is 5.10 Å². The van der Waals surface area contributed by atoms with Gasteiger partial charge >= 0.3 is 0 Å². The zero-order valence-corrected chi connectivity index (χ0v) is 17.8. The molecule has 0 radical (unpaired) electrons. The van der Waals surface area contributed by atoms with Crippen molar-refractivity contribution in [1.82, 2.24) is 9.66 Å². The molecule has 31 heavy (non-hydrogen) atoms. The number of nitrogens with zero attached hydrogens (tertiary/aromatic N) is 3. The Morgan fingerprint density at radius 2 is 1.68 bits per heavy atom. The molecule has 0 bridgehead atoms. The van der Waals surface area contributed by atoms with Gasteiger partial charge in [-0.2, -0.15) is 5.10 Å². The molecule has 0 N–H and O–H groups in total. The fraction of sp³-hybridized carbons (Fsp3) is 0.0800. The van der Waals surface area contributed by atoms with Gasteiger partial charge in [-0.15, -0.1) is 0 Å². The van der Waals surface area contributed by atoms with Crippen LogP contribution < -0.4 is 4.74 Å². The molecule has 0 saturated heterocycles. The third-order valence-corrected chi connectivity index (χ3v) is 5.54. The highest BCUT2D eigenvalue weighted by Crippen LogP contribution is 2.25. The van der Waals surface area contributed by atoms with Gasteiger partial charge in [0, 0.05) is 11.1 Å². The van der Waals surface area contributed by atoms with Crippen LogP contribution in [0.25, 0.3) is 11.3 Å². The van der Waals surface area contributed by atoms with E-state index in [1.165, 1.54) is 11.8 Å². The van der Waals surface area contributed by atoms with Gasteiger partial charge in [-0.05, 0) is 29.8 Å². The third kappa shape index (κ3) is 5.29. The summed E-state index contributed by atoms with van der Waals surface area (Å²) in [6, 6.07) is 26.8. The molecule has 0 aliphatic carbocycles. The van der Waals surface area contributed by atoms with Crippen LogP contribution in [0.1, 0.15) is 15.9 Å². The molecule has 0 spiro atoms. The van der Waals surface area contributed by atoms with Gasteiger partial charge in [0.1, 0.15) is 5.75 Å². The van der Waals surface area contributed by atoms with E-state index < -0.39 is 0 Å². The summed E-state index contributed by atoms with van der Waals surface area (Å²) in [6.45, 7) is 0. The van der Waals surface area contributed by atoms with Crippen LogP contribution in [0, 0.1) is 0 Å². The first-order valence-corrected chi connectivity index (χ1v) is 10.8. The van der Waals surface area contributed by atoms with Crippen molar-refractivity contribution in [3.8, 4) is 17.0 Å². The van der Waals surface area contributed by atoms with Gasteiger partial charge in [-0.1, -0.05) is 72.4 Å². The van der Waals surface area contributed by atoms with Gasteiger partial charge in [-0.3, -0.25) is 4.79 Å². The molecule has 4 rings (SSSR count). The lowest BCUT2D eigenvalue weighted by atomic mass is 10.2. The standard InChI is InChI=1S/C25H21N3O2S/c1-30-22-14-12-19(13-15-22)16-26-28-17-23(20-8-4-2-5-9-20)27-25(28)31-18-24(29)21-10-6-3-7-11-21/h2-17H,18H2,1H3. The van der Waals surface area contributed by atoms with Crippen molar-refractivity contribution in [3.63, 3.8) is 0 Å². The van der Waals surface area contributed by atoms with Gasteiger partial charge in [0.25, 0.3) is 0 Å². The first-order chi connectivity index (χ1) is 15.2. The Hall–Kier alpha value is -3.64. The van der Waals surface area contributed by atoms with Gasteiger partial charge in [-0.25, -0.2) is 9.66 Å². The maximum Gasteiger partial charge on any atom is 0.189 e. The molecule has 0 saturated carbocycles. The van der Waals surface area contributed by atoms with Crippen molar-refractivity contribution in [2.24, 2.45) is 5.10 Å². The zero-order valence-electron chi connectivity index (χ0n) is 17.0. The molecule has 0 unspecified atom stereocenters. The van der Waals surface area contributed by atoms with Crippen LogP contribution in [0.5, 0.6) is 5.75 Å². The molecule has 154 valence electrons. The molecule has 0 atom stereocenters. The number of carbonyl (C=O) groups is 1. The fourth-order valence-corrected chi connectivity index (χ4v) is 3.76. The van der Waals surface area contributed by atoms with Crippen LogP contribution >= 0.6 is 11.8 Å². The quantitative estimate of drug-likeness (QED) is 0.214. The number of carbonyl (C=O) groups excluding carboxylic acids is 1. The van der Waals surface area contributed by atoms with E-state index in [-0.39, 0.29) is 11.5 Å². The number of Topliss-reactive ketones (excluding diaryl/α,β-unsaturated/α-hetero) is 1. The molecule has 0 aliphatic rings. The molecule has 1 aromatic heterocycles. The second-order valence-corrected chi connectivity index (χ2v) is 7.66. The average molecular weight is 428 g/mol. The Kier molecular flexibility index (Phi) is 6.59. The van der Waals surface area contributed by atoms with E-state index in [0.717, 1.165) is 22.6 Å². The van der Waals surface area contributed by atoms with Gasteiger partial charge in [0.05, 0.1) is 31.0 Å². The number of thioether (sulfide) groups is 1. The number of aromatic nitrogens is 2. The van der Waals surface area contributed by atoms with Crippen molar-refractivity contribution in [1.29, 1.82) is 0 Å². The fourth-order valence-electron chi connectivity index (χ4n) is 2.94. The number of benzene rings is 3. The van der Waals surface area contributed by atoms with Crippen molar-refractivity contribution < 1.29 is 9.53 Å². The molecule has 1 heterocycles. The van der Waals surface area contributed by atoms with E-state index in [0.29, 0.717) is 10.7 Å². The van der Waals surface area contributed by atoms with Crippen LogP contribution in [0.2, 0.25) is 0 Å². The highest BCUT2D eigenvalue weighted by Gasteiger charge is 2.13. The van der Waals surface area contributed by atoms with E-state index >= 15 is 0 Å². The Labute approximate surface area is 185 Å². The summed E-state index contributed by atoms with van der Waals surface area (Å²) >= 11 is 1.38. The van der Waals surface area contributed by atoms with Crippen LogP contribution in [-0.4, -0.2) is 34.5 Å². The lowest BCUT2D eigenvalue weighted by molar-refractivity contribution is 0.102. The Morgan fingerprint density at radius 3 is 2.35 bits per heavy atom. The summed E-state index contributed by atoms with van der Waals surface area (Å²) in [6.07, 6.45) is 3.64. The smallest absolute Gasteiger partial charge is 0.189 e. The maximum atomic E-state index is 12.5. The number of hydrogen-bond acceptors (Lipinski definition) is 5. The molecule has 5 nitrogen and oxygen atoms in total. The third-order valence-electron chi connectivity index (χ3n) is 4.60. The number of ketones is 1. The van der Waals surface area contributed by atoms with Crippen molar-refractivity contribution in [2.45, 2.75) is 5.16 Å². The molecular formula is C25H21N3O2S. The highest BCUT2D eigenvalue weighted by molar-refractivity contribution is 7.99. The van der Waals surface area contributed by atoms with Crippen LogP contribution in [0.4, 0.5) is 0 Å². The summed E-state index contributed by atoms with van der Waals surface area (Å²) in [5, 5.41) is 5.25. The molecule has 0 amide bonds. The van der Waals surface area contributed by atoms with Gasteiger partial charge < -0.3 is 4.74 Å². The summed E-state index contributed by atoms with van der Waals surface area (Å²) in [5.74, 6) is 1.13. The van der Waals surface area contributed by atoms with E-state index in [9.17, 15) is 4.79 Å². The first-order valence-electron chi connectivity index (χ1n) is 9.77. The summed E-state index contributed by atoms with van der Waals surface area (Å²) in [7, 11) is 1.64. The largest absolute Gasteiger partial charge is 0.497 e. The zero-order chi connectivity index (χ0) is 21.5. The maximum absolute atomic E-state index is 12.5. The minimum absolute atomic E-state index is 0.0561. The second kappa shape index (κ2) is 9.91. The van der Waals surface area contributed by atoms with Crippen molar-refractivity contribution in [2.75, 3.05) is 12.9 Å². The molecular weight excluding hydrogens is 406 g/mol. The monoisotopic (exact) mass is 427 g/mol. The average Bonchev–Trinajstić information content (AvgIpc) is 3.25.